The van der Waals surface area contributed by atoms with Crippen molar-refractivity contribution in [3.8, 4) is 11.5 Å². The summed E-state index contributed by atoms with van der Waals surface area (Å²) < 4.78 is 12.0. The summed E-state index contributed by atoms with van der Waals surface area (Å²) in [6, 6.07) is 14.8. The smallest absolute Gasteiger partial charge is 0.166 e. The predicted molar refractivity (Wildman–Crippen MR) is 131 cm³/mol. The van der Waals surface area contributed by atoms with Crippen LogP contribution in [0.5, 0.6) is 11.5 Å². The number of hydrogen-bond donors (Lipinski definition) is 0. The lowest BCUT2D eigenvalue weighted by Gasteiger charge is -2.32. The quantitative estimate of drug-likeness (QED) is 0.517. The molecule has 4 heteroatoms. The summed E-state index contributed by atoms with van der Waals surface area (Å²) >= 11 is 0. The van der Waals surface area contributed by atoms with E-state index in [-0.39, 0.29) is 12.0 Å². The topological polar surface area (TPSA) is 38.8 Å². The highest BCUT2D eigenvalue weighted by molar-refractivity contribution is 6.02. The Bertz CT molecular complexity index is 943. The summed E-state index contributed by atoms with van der Waals surface area (Å²) in [7, 11) is 1.68. The molecule has 2 fully saturated rings. The molecule has 0 amide bonds. The second-order valence-corrected chi connectivity index (χ2v) is 10.2. The van der Waals surface area contributed by atoms with E-state index in [2.05, 4.69) is 41.3 Å². The summed E-state index contributed by atoms with van der Waals surface area (Å²) in [5, 5.41) is 0. The average Bonchev–Trinajstić information content (AvgIpc) is 3.15. The molecule has 1 saturated carbocycles. The molecule has 0 radical (unpaired) electrons. The maximum absolute atomic E-state index is 13.2. The van der Waals surface area contributed by atoms with Gasteiger partial charge in [-0.25, -0.2) is 0 Å². The molecule has 1 saturated heterocycles. The fourth-order valence-electron chi connectivity index (χ4n) is 6.01. The number of hydrogen-bond acceptors (Lipinski definition) is 4. The first-order valence-corrected chi connectivity index (χ1v) is 12.9. The maximum atomic E-state index is 13.2. The number of benzene rings is 2. The Kier molecular flexibility index (Phi) is 7.01. The Morgan fingerprint density at radius 2 is 1.70 bits per heavy atom. The molecule has 33 heavy (non-hydrogen) atoms. The van der Waals surface area contributed by atoms with Crippen LogP contribution in [0.15, 0.2) is 42.5 Å². The van der Waals surface area contributed by atoms with Crippen LogP contribution in [-0.4, -0.2) is 37.0 Å². The number of methoxy groups -OCH3 is 1. The molecule has 1 atom stereocenters. The average molecular weight is 448 g/mol. The van der Waals surface area contributed by atoms with Crippen LogP contribution in [0.2, 0.25) is 0 Å². The fraction of sp³-hybridized carbons (Fsp3) is 0.552. The van der Waals surface area contributed by atoms with Crippen LogP contribution in [0.3, 0.4) is 0 Å². The molecule has 0 bridgehead atoms. The molecule has 2 aliphatic carbocycles. The minimum absolute atomic E-state index is 0.111. The first kappa shape index (κ1) is 22.5. The summed E-state index contributed by atoms with van der Waals surface area (Å²) in [5.74, 6) is 2.59. The van der Waals surface area contributed by atoms with Crippen molar-refractivity contribution in [2.45, 2.75) is 70.4 Å². The van der Waals surface area contributed by atoms with Gasteiger partial charge in [0.2, 0.25) is 0 Å². The minimum atomic E-state index is 0.111. The molecule has 0 N–H and O–H groups in total. The van der Waals surface area contributed by atoms with Crippen LogP contribution < -0.4 is 9.47 Å². The Balaban J connectivity index is 1.18. The molecule has 1 unspecified atom stereocenters. The number of likely N-dealkylation sites (tertiary alicyclic amines) is 1. The van der Waals surface area contributed by atoms with Gasteiger partial charge in [-0.1, -0.05) is 36.8 Å². The van der Waals surface area contributed by atoms with Gasteiger partial charge >= 0.3 is 0 Å². The molecule has 2 aromatic carbocycles. The standard InChI is InChI=1S/C29H37NO3/c1-32-27-19-26-23(18-28(27)33-25-10-6-3-7-11-25)17-24(29(26)31)16-21-12-14-30(15-13-21)20-22-8-4-2-5-9-22/h2,4-5,8-9,18-19,21,24-25H,3,6-7,10-17,20H2,1H3. The van der Waals surface area contributed by atoms with E-state index in [9.17, 15) is 4.79 Å². The van der Waals surface area contributed by atoms with Crippen LogP contribution in [0, 0.1) is 11.8 Å². The first-order valence-electron chi connectivity index (χ1n) is 12.9. The van der Waals surface area contributed by atoms with Crippen LogP contribution in [0.4, 0.5) is 0 Å². The lowest BCUT2D eigenvalue weighted by molar-refractivity contribution is 0.0895. The molecular formula is C29H37NO3. The Hall–Kier alpha value is -2.33. The maximum Gasteiger partial charge on any atom is 0.166 e. The first-order chi connectivity index (χ1) is 16.2. The van der Waals surface area contributed by atoms with E-state index < -0.39 is 0 Å². The summed E-state index contributed by atoms with van der Waals surface area (Å²) in [5.41, 5.74) is 3.39. The molecule has 176 valence electrons. The molecule has 0 aromatic heterocycles. The number of ether oxygens (including phenoxy) is 2. The van der Waals surface area contributed by atoms with Crippen LogP contribution in [-0.2, 0) is 13.0 Å². The van der Waals surface area contributed by atoms with Gasteiger partial charge in [0, 0.05) is 18.0 Å². The van der Waals surface area contributed by atoms with Crippen molar-refractivity contribution < 1.29 is 14.3 Å². The van der Waals surface area contributed by atoms with Crippen LogP contribution in [0.1, 0.15) is 72.9 Å². The molecule has 1 aliphatic heterocycles. The van der Waals surface area contributed by atoms with Gasteiger partial charge in [0.05, 0.1) is 13.2 Å². The summed E-state index contributed by atoms with van der Waals surface area (Å²) in [6.07, 6.45) is 10.5. The van der Waals surface area contributed by atoms with E-state index in [4.69, 9.17) is 9.47 Å². The zero-order chi connectivity index (χ0) is 22.6. The highest BCUT2D eigenvalue weighted by Gasteiger charge is 2.35. The number of fused-ring (bicyclic) bond motifs is 1. The number of ketones is 1. The molecule has 2 aromatic rings. The van der Waals surface area contributed by atoms with Gasteiger partial charge in [0.15, 0.2) is 17.3 Å². The van der Waals surface area contributed by atoms with Gasteiger partial charge in [-0.15, -0.1) is 0 Å². The second kappa shape index (κ2) is 10.3. The van der Waals surface area contributed by atoms with E-state index >= 15 is 0 Å². The van der Waals surface area contributed by atoms with Gasteiger partial charge in [-0.2, -0.15) is 0 Å². The van der Waals surface area contributed by atoms with Crippen molar-refractivity contribution in [1.82, 2.24) is 4.90 Å². The van der Waals surface area contributed by atoms with Crippen LogP contribution >= 0.6 is 0 Å². The third kappa shape index (κ3) is 5.27. The van der Waals surface area contributed by atoms with E-state index in [0.717, 1.165) is 62.2 Å². The third-order valence-corrected chi connectivity index (χ3v) is 7.91. The predicted octanol–water partition coefficient (Wildman–Crippen LogP) is 6.06. The van der Waals surface area contributed by atoms with Gasteiger partial charge in [0.25, 0.3) is 0 Å². The number of nitrogens with zero attached hydrogens (tertiary/aromatic N) is 1. The van der Waals surface area contributed by atoms with Crippen molar-refractivity contribution in [2.75, 3.05) is 20.2 Å². The number of rotatable bonds is 7. The Morgan fingerprint density at radius 1 is 0.939 bits per heavy atom. The van der Waals surface area contributed by atoms with E-state index in [1.54, 1.807) is 7.11 Å². The lowest BCUT2D eigenvalue weighted by Crippen LogP contribution is -2.34. The largest absolute Gasteiger partial charge is 0.493 e. The molecule has 5 rings (SSSR count). The van der Waals surface area contributed by atoms with Gasteiger partial charge in [-0.05, 0) is 93.6 Å². The number of carbonyl (C=O) groups excluding carboxylic acids is 1. The number of Topliss-reactive ketones (excluding diaryl/α,β-unsaturated/α-hetero) is 1. The van der Waals surface area contributed by atoms with Gasteiger partial charge in [-0.3, -0.25) is 9.69 Å². The van der Waals surface area contributed by atoms with Crippen molar-refractivity contribution >= 4 is 5.78 Å². The zero-order valence-electron chi connectivity index (χ0n) is 19.9. The van der Waals surface area contributed by atoms with Gasteiger partial charge < -0.3 is 9.47 Å². The van der Waals surface area contributed by atoms with E-state index in [1.807, 2.05) is 6.07 Å². The van der Waals surface area contributed by atoms with Crippen molar-refractivity contribution in [2.24, 2.45) is 11.8 Å². The highest BCUT2D eigenvalue weighted by atomic mass is 16.5. The second-order valence-electron chi connectivity index (χ2n) is 10.2. The Morgan fingerprint density at radius 3 is 2.42 bits per heavy atom. The number of carbonyl (C=O) groups is 1. The van der Waals surface area contributed by atoms with Crippen molar-refractivity contribution in [3.63, 3.8) is 0 Å². The number of piperidine rings is 1. The lowest BCUT2D eigenvalue weighted by atomic mass is 9.85. The monoisotopic (exact) mass is 447 g/mol. The summed E-state index contributed by atoms with van der Waals surface area (Å²) in [6.45, 7) is 3.28. The molecule has 3 aliphatic rings. The normalized spacial score (nSPS) is 22.3. The molecule has 4 nitrogen and oxygen atoms in total. The molecule has 0 spiro atoms. The Labute approximate surface area is 198 Å². The van der Waals surface area contributed by atoms with Crippen molar-refractivity contribution in [3.05, 3.63) is 59.2 Å². The molecule has 1 heterocycles. The minimum Gasteiger partial charge on any atom is -0.493 e. The third-order valence-electron chi connectivity index (χ3n) is 7.91. The van der Waals surface area contributed by atoms with Crippen LogP contribution in [0.25, 0.3) is 0 Å². The SMILES string of the molecule is COc1cc2c(cc1OC1CCCCC1)CC(CC1CCN(Cc3ccccc3)CC1)C2=O. The highest BCUT2D eigenvalue weighted by Crippen LogP contribution is 2.40. The van der Waals surface area contributed by atoms with Crippen molar-refractivity contribution in [1.29, 1.82) is 0 Å². The van der Waals surface area contributed by atoms with E-state index in [1.165, 1.54) is 37.7 Å². The van der Waals surface area contributed by atoms with E-state index in [0.29, 0.717) is 17.5 Å². The summed E-state index contributed by atoms with van der Waals surface area (Å²) in [4.78, 5) is 15.8. The molecular weight excluding hydrogens is 410 g/mol. The zero-order valence-corrected chi connectivity index (χ0v) is 19.9. The van der Waals surface area contributed by atoms with Gasteiger partial charge in [0.1, 0.15) is 0 Å². The fourth-order valence-corrected chi connectivity index (χ4v) is 6.01.